The van der Waals surface area contributed by atoms with Crippen LogP contribution in [-0.2, 0) is 4.74 Å². The lowest BCUT2D eigenvalue weighted by Gasteiger charge is -2.36. The van der Waals surface area contributed by atoms with Gasteiger partial charge in [-0.25, -0.2) is 14.6 Å². The molecule has 0 unspecified atom stereocenters. The van der Waals surface area contributed by atoms with Gasteiger partial charge in [0.15, 0.2) is 0 Å². The van der Waals surface area contributed by atoms with Crippen LogP contribution in [-0.4, -0.2) is 74.2 Å². The van der Waals surface area contributed by atoms with E-state index in [1.165, 1.54) is 7.11 Å². The molecule has 0 bridgehead atoms. The first-order valence-electron chi connectivity index (χ1n) is 8.20. The number of urea groups is 1. The number of nitrogens with zero attached hydrogens (tertiary/aromatic N) is 4. The van der Waals surface area contributed by atoms with Crippen LogP contribution in [0.1, 0.15) is 10.4 Å². The third-order valence-corrected chi connectivity index (χ3v) is 4.38. The van der Waals surface area contributed by atoms with Crippen molar-refractivity contribution in [1.29, 1.82) is 0 Å². The van der Waals surface area contributed by atoms with E-state index < -0.39 is 0 Å². The first kappa shape index (κ1) is 17.0. The summed E-state index contributed by atoms with van der Waals surface area (Å²) in [5.74, 6) is 0.488. The second-order valence-electron chi connectivity index (χ2n) is 6.18. The maximum Gasteiger partial charge on any atom is 0.338 e. The van der Waals surface area contributed by atoms with Gasteiger partial charge in [-0.15, -0.1) is 0 Å². The van der Waals surface area contributed by atoms with Gasteiger partial charge in [-0.2, -0.15) is 0 Å². The zero-order valence-corrected chi connectivity index (χ0v) is 14.7. The van der Waals surface area contributed by atoms with Crippen LogP contribution >= 0.6 is 0 Å². The summed E-state index contributed by atoms with van der Waals surface area (Å²) in [4.78, 5) is 34.2. The van der Waals surface area contributed by atoms with E-state index in [0.717, 1.165) is 29.8 Å². The molecule has 0 saturated carbocycles. The Labute approximate surface area is 146 Å². The molecule has 7 heteroatoms. The second-order valence-corrected chi connectivity index (χ2v) is 6.18. The van der Waals surface area contributed by atoms with Gasteiger partial charge in [0.1, 0.15) is 5.82 Å². The molecule has 3 rings (SSSR count). The number of hydrogen-bond acceptors (Lipinski definition) is 5. The highest BCUT2D eigenvalue weighted by molar-refractivity contribution is 6.03. The van der Waals surface area contributed by atoms with Crippen LogP contribution in [0.25, 0.3) is 10.9 Å². The van der Waals surface area contributed by atoms with Gasteiger partial charge in [-0.05, 0) is 24.3 Å². The molecule has 0 aliphatic carbocycles. The fourth-order valence-corrected chi connectivity index (χ4v) is 3.02. The molecule has 1 saturated heterocycles. The highest BCUT2D eigenvalue weighted by Gasteiger charge is 2.23. The Morgan fingerprint density at radius 3 is 2.44 bits per heavy atom. The number of carbonyl (C=O) groups is 2. The maximum absolute atomic E-state index is 12.0. The summed E-state index contributed by atoms with van der Waals surface area (Å²) in [6.45, 7) is 2.79. The van der Waals surface area contributed by atoms with Gasteiger partial charge >= 0.3 is 12.0 Å². The fourth-order valence-electron chi connectivity index (χ4n) is 3.02. The van der Waals surface area contributed by atoms with Gasteiger partial charge in [-0.1, -0.05) is 6.07 Å². The number of methoxy groups -OCH3 is 1. The van der Waals surface area contributed by atoms with E-state index in [1.807, 2.05) is 23.1 Å². The summed E-state index contributed by atoms with van der Waals surface area (Å²) in [5, 5.41) is 0.777. The molecule has 2 heterocycles. The summed E-state index contributed by atoms with van der Waals surface area (Å²) >= 11 is 0. The van der Waals surface area contributed by atoms with Crippen LogP contribution in [0.2, 0.25) is 0 Å². The number of piperazine rings is 1. The zero-order valence-electron chi connectivity index (χ0n) is 14.7. The quantitative estimate of drug-likeness (QED) is 0.779. The molecule has 1 aliphatic rings. The Kier molecular flexibility index (Phi) is 4.74. The van der Waals surface area contributed by atoms with Crippen LogP contribution in [0.3, 0.4) is 0 Å². The van der Waals surface area contributed by atoms with Crippen molar-refractivity contribution in [2.45, 2.75) is 0 Å². The number of ether oxygens (including phenoxy) is 1. The molecule has 1 aromatic heterocycles. The van der Waals surface area contributed by atoms with Gasteiger partial charge in [0, 0.05) is 45.7 Å². The number of esters is 1. The number of aromatic nitrogens is 1. The number of pyridine rings is 1. The Balaban J connectivity index is 1.79. The van der Waals surface area contributed by atoms with Crippen molar-refractivity contribution in [2.75, 3.05) is 52.3 Å². The maximum atomic E-state index is 12.0. The van der Waals surface area contributed by atoms with E-state index in [4.69, 9.17) is 4.74 Å². The van der Waals surface area contributed by atoms with Crippen LogP contribution in [0.5, 0.6) is 0 Å². The van der Waals surface area contributed by atoms with Crippen molar-refractivity contribution in [3.63, 3.8) is 0 Å². The first-order valence-corrected chi connectivity index (χ1v) is 8.20. The number of hydrogen-bond donors (Lipinski definition) is 0. The lowest BCUT2D eigenvalue weighted by Crippen LogP contribution is -2.51. The minimum atomic E-state index is -0.365. The Hall–Kier alpha value is -2.83. The van der Waals surface area contributed by atoms with Gasteiger partial charge in [-0.3, -0.25) is 0 Å². The fraction of sp³-hybridized carbons (Fsp3) is 0.389. The van der Waals surface area contributed by atoms with E-state index >= 15 is 0 Å². The monoisotopic (exact) mass is 342 g/mol. The number of fused-ring (bicyclic) bond motifs is 1. The van der Waals surface area contributed by atoms with Gasteiger partial charge in [0.2, 0.25) is 0 Å². The van der Waals surface area contributed by atoms with Crippen molar-refractivity contribution < 1.29 is 14.3 Å². The lowest BCUT2D eigenvalue weighted by atomic mass is 10.1. The predicted molar refractivity (Wildman–Crippen MR) is 96.0 cm³/mol. The topological polar surface area (TPSA) is 66.0 Å². The third-order valence-electron chi connectivity index (χ3n) is 4.38. The van der Waals surface area contributed by atoms with Crippen molar-refractivity contribution in [2.24, 2.45) is 0 Å². The minimum Gasteiger partial charge on any atom is -0.465 e. The van der Waals surface area contributed by atoms with Crippen LogP contribution in [0.15, 0.2) is 30.3 Å². The number of benzene rings is 1. The summed E-state index contributed by atoms with van der Waals surface area (Å²) in [6.07, 6.45) is 0. The molecule has 1 aliphatic heterocycles. The molecule has 2 aromatic rings. The highest BCUT2D eigenvalue weighted by atomic mass is 16.5. The second kappa shape index (κ2) is 6.96. The molecular formula is C18H22N4O3. The van der Waals surface area contributed by atoms with Gasteiger partial charge in [0.25, 0.3) is 0 Å². The highest BCUT2D eigenvalue weighted by Crippen LogP contribution is 2.23. The van der Waals surface area contributed by atoms with Crippen molar-refractivity contribution in [3.8, 4) is 0 Å². The molecule has 7 nitrogen and oxygen atoms in total. The Morgan fingerprint density at radius 1 is 1.08 bits per heavy atom. The molecule has 0 spiro atoms. The molecule has 0 radical (unpaired) electrons. The minimum absolute atomic E-state index is 0.0360. The molecule has 0 N–H and O–H groups in total. The Bertz CT molecular complexity index is 798. The van der Waals surface area contributed by atoms with E-state index in [0.29, 0.717) is 18.7 Å². The molecule has 1 fully saturated rings. The standard InChI is InChI=1S/C18H22N4O3/c1-20(2)18(24)22-11-9-21(10-12-22)16-8-7-13-14(17(23)25-3)5-4-6-15(13)19-16/h4-8H,9-12H2,1-3H3. The largest absolute Gasteiger partial charge is 0.465 e. The van der Waals surface area contributed by atoms with Gasteiger partial charge < -0.3 is 19.4 Å². The summed E-state index contributed by atoms with van der Waals surface area (Å²) in [7, 11) is 4.90. The normalized spacial score (nSPS) is 14.5. The predicted octanol–water partition coefficient (Wildman–Crippen LogP) is 1.82. The van der Waals surface area contributed by atoms with Crippen molar-refractivity contribution in [3.05, 3.63) is 35.9 Å². The van der Waals surface area contributed by atoms with Crippen LogP contribution in [0, 0.1) is 0 Å². The smallest absolute Gasteiger partial charge is 0.338 e. The first-order chi connectivity index (χ1) is 12.0. The summed E-state index contributed by atoms with van der Waals surface area (Å²) < 4.78 is 4.83. The summed E-state index contributed by atoms with van der Waals surface area (Å²) in [5.41, 5.74) is 1.27. The molecule has 0 atom stereocenters. The molecular weight excluding hydrogens is 320 g/mol. The SMILES string of the molecule is COC(=O)c1cccc2nc(N3CCN(C(=O)N(C)C)CC3)ccc12. The van der Waals surface area contributed by atoms with Gasteiger partial charge in [0.05, 0.1) is 18.2 Å². The van der Waals surface area contributed by atoms with E-state index in [9.17, 15) is 9.59 Å². The lowest BCUT2D eigenvalue weighted by molar-refractivity contribution is 0.0603. The van der Waals surface area contributed by atoms with E-state index in [-0.39, 0.29) is 12.0 Å². The number of anilines is 1. The molecule has 1 aromatic carbocycles. The number of carbonyl (C=O) groups excluding carboxylic acids is 2. The molecule has 25 heavy (non-hydrogen) atoms. The molecule has 2 amide bonds. The van der Waals surface area contributed by atoms with Crippen molar-refractivity contribution >= 4 is 28.7 Å². The Morgan fingerprint density at radius 2 is 1.80 bits per heavy atom. The summed E-state index contributed by atoms with van der Waals surface area (Å²) in [6, 6.07) is 9.28. The number of rotatable bonds is 2. The van der Waals surface area contributed by atoms with E-state index in [1.54, 1.807) is 31.1 Å². The average Bonchev–Trinajstić information content (AvgIpc) is 2.65. The van der Waals surface area contributed by atoms with Crippen LogP contribution in [0.4, 0.5) is 10.6 Å². The average molecular weight is 342 g/mol. The zero-order chi connectivity index (χ0) is 18.0. The molecule has 132 valence electrons. The van der Waals surface area contributed by atoms with Crippen LogP contribution < -0.4 is 4.90 Å². The van der Waals surface area contributed by atoms with E-state index in [2.05, 4.69) is 9.88 Å². The third kappa shape index (κ3) is 3.35. The van der Waals surface area contributed by atoms with Crippen molar-refractivity contribution in [1.82, 2.24) is 14.8 Å². The number of amides is 2.